The van der Waals surface area contributed by atoms with Gasteiger partial charge in [-0.3, -0.25) is 0 Å². The van der Waals surface area contributed by atoms with Crippen LogP contribution in [0.2, 0.25) is 5.02 Å². The SMILES string of the molecule is Clc1ccc(-c2ccc3c(c2)C2(CC4C5CCC2C54)c2ccccc2-3)c2ccccc12. The van der Waals surface area contributed by atoms with Crippen molar-refractivity contribution in [2.24, 2.45) is 23.7 Å². The molecule has 0 N–H and O–H groups in total. The van der Waals surface area contributed by atoms with Crippen LogP contribution in [-0.4, -0.2) is 0 Å². The molecule has 150 valence electrons. The van der Waals surface area contributed by atoms with Crippen LogP contribution in [0.3, 0.4) is 0 Å². The molecule has 5 unspecified atom stereocenters. The molecule has 1 heteroatoms. The molecule has 0 amide bonds. The van der Waals surface area contributed by atoms with Crippen LogP contribution in [0.15, 0.2) is 78.9 Å². The van der Waals surface area contributed by atoms with Gasteiger partial charge in [0.05, 0.1) is 0 Å². The van der Waals surface area contributed by atoms with Gasteiger partial charge in [-0.25, -0.2) is 0 Å². The Kier molecular flexibility index (Phi) is 3.09. The van der Waals surface area contributed by atoms with Crippen molar-refractivity contribution in [3.63, 3.8) is 0 Å². The zero-order valence-corrected chi connectivity index (χ0v) is 18.1. The Labute approximate surface area is 187 Å². The Balaban J connectivity index is 1.39. The molecule has 1 spiro atoms. The molecule has 0 heterocycles. The summed E-state index contributed by atoms with van der Waals surface area (Å²) in [5.41, 5.74) is 9.03. The largest absolute Gasteiger partial charge is 0.0837 e. The van der Waals surface area contributed by atoms with Gasteiger partial charge in [-0.05, 0) is 93.8 Å². The van der Waals surface area contributed by atoms with Crippen molar-refractivity contribution in [3.05, 3.63) is 95.0 Å². The van der Waals surface area contributed by atoms with Gasteiger partial charge < -0.3 is 0 Å². The Bertz CT molecular complexity index is 1420. The summed E-state index contributed by atoms with van der Waals surface area (Å²) in [6.07, 6.45) is 4.23. The van der Waals surface area contributed by atoms with Crippen LogP contribution in [0.5, 0.6) is 0 Å². The molecular weight excluding hydrogens is 396 g/mol. The van der Waals surface area contributed by atoms with Crippen LogP contribution in [0.4, 0.5) is 0 Å². The van der Waals surface area contributed by atoms with Crippen molar-refractivity contribution in [2.75, 3.05) is 0 Å². The molecule has 4 aliphatic rings. The highest BCUT2D eigenvalue weighted by Crippen LogP contribution is 2.78. The molecule has 4 aliphatic carbocycles. The lowest BCUT2D eigenvalue weighted by Crippen LogP contribution is -2.31. The first-order valence-corrected chi connectivity index (χ1v) is 12.1. The summed E-state index contributed by atoms with van der Waals surface area (Å²) < 4.78 is 0. The minimum absolute atomic E-state index is 0.243. The van der Waals surface area contributed by atoms with Gasteiger partial charge in [-0.15, -0.1) is 0 Å². The fourth-order valence-corrected chi connectivity index (χ4v) is 8.36. The Morgan fingerprint density at radius 1 is 0.677 bits per heavy atom. The molecule has 0 saturated heterocycles. The van der Waals surface area contributed by atoms with Crippen molar-refractivity contribution in [2.45, 2.75) is 24.7 Å². The molecule has 4 aromatic rings. The quantitative estimate of drug-likeness (QED) is 0.293. The summed E-state index contributed by atoms with van der Waals surface area (Å²) >= 11 is 6.53. The minimum Gasteiger partial charge on any atom is -0.0837 e. The smallest absolute Gasteiger partial charge is 0.0484 e. The van der Waals surface area contributed by atoms with Crippen LogP contribution >= 0.6 is 11.6 Å². The molecular formula is C30H23Cl. The number of halogens is 1. The highest BCUT2D eigenvalue weighted by Gasteiger charge is 2.72. The normalized spacial score (nSPS) is 31.1. The third-order valence-electron chi connectivity index (χ3n) is 9.24. The van der Waals surface area contributed by atoms with Crippen LogP contribution in [0.1, 0.15) is 30.4 Å². The molecule has 3 saturated carbocycles. The predicted molar refractivity (Wildman–Crippen MR) is 128 cm³/mol. The summed E-state index contributed by atoms with van der Waals surface area (Å²) in [5.74, 6) is 3.83. The number of hydrogen-bond acceptors (Lipinski definition) is 0. The first-order valence-electron chi connectivity index (χ1n) is 11.7. The zero-order chi connectivity index (χ0) is 20.3. The third kappa shape index (κ3) is 1.95. The van der Waals surface area contributed by atoms with Gasteiger partial charge in [0.25, 0.3) is 0 Å². The van der Waals surface area contributed by atoms with Crippen LogP contribution < -0.4 is 0 Å². The van der Waals surface area contributed by atoms with Crippen LogP contribution in [0, 0.1) is 23.7 Å². The van der Waals surface area contributed by atoms with Gasteiger partial charge >= 0.3 is 0 Å². The van der Waals surface area contributed by atoms with Gasteiger partial charge in [0.1, 0.15) is 0 Å². The molecule has 0 radical (unpaired) electrons. The number of hydrogen-bond donors (Lipinski definition) is 0. The standard InChI is InChI=1S/C30H23Cl/c31-28-14-12-18(19-5-1-2-7-22(19)28)17-9-10-21-20-6-3-4-8-25(20)30(27(21)15-17)16-24-23-11-13-26(30)29(23)24/h1-10,12,14-15,23-24,26,29H,11,13,16H2. The maximum absolute atomic E-state index is 6.53. The van der Waals surface area contributed by atoms with E-state index in [0.717, 1.165) is 34.1 Å². The second kappa shape index (κ2) is 5.61. The summed E-state index contributed by atoms with van der Waals surface area (Å²) in [7, 11) is 0. The Morgan fingerprint density at radius 2 is 1.45 bits per heavy atom. The summed E-state index contributed by atoms with van der Waals surface area (Å²) in [6.45, 7) is 0. The van der Waals surface area contributed by atoms with E-state index < -0.39 is 0 Å². The van der Waals surface area contributed by atoms with Crippen LogP contribution in [0.25, 0.3) is 33.0 Å². The lowest BCUT2D eigenvalue weighted by molar-refractivity contribution is 0.350. The van der Waals surface area contributed by atoms with Crippen molar-refractivity contribution in [1.82, 2.24) is 0 Å². The number of rotatable bonds is 1. The van der Waals surface area contributed by atoms with Crippen molar-refractivity contribution < 1.29 is 0 Å². The maximum Gasteiger partial charge on any atom is 0.0484 e. The Morgan fingerprint density at radius 3 is 2.35 bits per heavy atom. The highest BCUT2D eigenvalue weighted by molar-refractivity contribution is 6.36. The Hall–Kier alpha value is -2.57. The minimum atomic E-state index is 0.243. The molecule has 0 nitrogen and oxygen atoms in total. The van der Waals surface area contributed by atoms with E-state index >= 15 is 0 Å². The molecule has 5 atom stereocenters. The van der Waals surface area contributed by atoms with E-state index in [0.29, 0.717) is 0 Å². The van der Waals surface area contributed by atoms with Gasteiger partial charge in [0.15, 0.2) is 0 Å². The van der Waals surface area contributed by atoms with E-state index in [1.165, 1.54) is 46.9 Å². The molecule has 0 aromatic heterocycles. The monoisotopic (exact) mass is 418 g/mol. The second-order valence-electron chi connectivity index (χ2n) is 10.2. The molecule has 0 bridgehead atoms. The van der Waals surface area contributed by atoms with Gasteiger partial charge in [0, 0.05) is 15.8 Å². The third-order valence-corrected chi connectivity index (χ3v) is 9.57. The number of fused-ring (bicyclic) bond motifs is 8. The van der Waals surface area contributed by atoms with Crippen molar-refractivity contribution >= 4 is 22.4 Å². The molecule has 4 aromatic carbocycles. The van der Waals surface area contributed by atoms with Gasteiger partial charge in [-0.2, -0.15) is 0 Å². The zero-order valence-electron chi connectivity index (χ0n) is 17.3. The lowest BCUT2D eigenvalue weighted by Gasteiger charge is -2.35. The van der Waals surface area contributed by atoms with Crippen molar-refractivity contribution in [3.8, 4) is 22.3 Å². The van der Waals surface area contributed by atoms with E-state index in [2.05, 4.69) is 78.9 Å². The molecule has 31 heavy (non-hydrogen) atoms. The fraction of sp³-hybridized carbons (Fsp3) is 0.267. The molecule has 8 rings (SSSR count). The average molecular weight is 419 g/mol. The summed E-state index contributed by atoms with van der Waals surface area (Å²) in [5, 5.41) is 3.22. The van der Waals surface area contributed by atoms with Crippen LogP contribution in [-0.2, 0) is 5.41 Å². The van der Waals surface area contributed by atoms with E-state index in [1.807, 2.05) is 0 Å². The van der Waals surface area contributed by atoms with E-state index in [1.54, 1.807) is 11.1 Å². The maximum atomic E-state index is 6.53. The van der Waals surface area contributed by atoms with E-state index in [-0.39, 0.29) is 5.41 Å². The highest BCUT2D eigenvalue weighted by atomic mass is 35.5. The number of benzene rings is 4. The first-order chi connectivity index (χ1) is 15.3. The van der Waals surface area contributed by atoms with Crippen molar-refractivity contribution in [1.29, 1.82) is 0 Å². The summed E-state index contributed by atoms with van der Waals surface area (Å²) in [4.78, 5) is 0. The predicted octanol–water partition coefficient (Wildman–Crippen LogP) is 8.10. The van der Waals surface area contributed by atoms with Gasteiger partial charge in [0.2, 0.25) is 0 Å². The topological polar surface area (TPSA) is 0 Å². The van der Waals surface area contributed by atoms with Gasteiger partial charge in [-0.1, -0.05) is 78.3 Å². The summed E-state index contributed by atoms with van der Waals surface area (Å²) in [6, 6.07) is 29.4. The van der Waals surface area contributed by atoms with E-state index in [9.17, 15) is 0 Å². The molecule has 0 aliphatic heterocycles. The fourth-order valence-electron chi connectivity index (χ4n) is 8.13. The second-order valence-corrected chi connectivity index (χ2v) is 10.6. The lowest BCUT2D eigenvalue weighted by atomic mass is 9.68. The molecule has 3 fully saturated rings. The van der Waals surface area contributed by atoms with E-state index in [4.69, 9.17) is 11.6 Å². The first kappa shape index (κ1) is 17.0. The average Bonchev–Trinajstić information content (AvgIpc) is 3.08.